The van der Waals surface area contributed by atoms with Gasteiger partial charge in [0.05, 0.1) is 11.0 Å². The highest BCUT2D eigenvalue weighted by Gasteiger charge is 2.16. The van der Waals surface area contributed by atoms with Gasteiger partial charge in [-0.05, 0) is 48.5 Å². The van der Waals surface area contributed by atoms with Crippen LogP contribution in [-0.4, -0.2) is 10.5 Å². The van der Waals surface area contributed by atoms with E-state index in [-0.39, 0.29) is 11.3 Å². The lowest BCUT2D eigenvalue weighted by atomic mass is 10.1. The smallest absolute Gasteiger partial charge is 0.262 e. The third kappa shape index (κ3) is 2.22. The van der Waals surface area contributed by atoms with E-state index in [1.807, 2.05) is 12.1 Å². The summed E-state index contributed by atoms with van der Waals surface area (Å²) in [6.07, 6.45) is 0. The molecule has 3 aromatic carbocycles. The van der Waals surface area contributed by atoms with Gasteiger partial charge >= 0.3 is 0 Å². The molecule has 0 spiro atoms. The highest BCUT2D eigenvalue weighted by atomic mass is 35.5. The van der Waals surface area contributed by atoms with Crippen LogP contribution in [0.15, 0.2) is 77.6 Å². The summed E-state index contributed by atoms with van der Waals surface area (Å²) in [6.45, 7) is 0. The summed E-state index contributed by atoms with van der Waals surface area (Å²) >= 11 is 5.91. The van der Waals surface area contributed by atoms with Crippen molar-refractivity contribution in [3.8, 4) is 0 Å². The van der Waals surface area contributed by atoms with Crippen molar-refractivity contribution in [3.05, 3.63) is 93.6 Å². The molecule has 116 valence electrons. The van der Waals surface area contributed by atoms with E-state index in [0.29, 0.717) is 32.4 Å². The van der Waals surface area contributed by atoms with Crippen LogP contribution in [0.3, 0.4) is 0 Å². The van der Waals surface area contributed by atoms with Gasteiger partial charge in [-0.25, -0.2) is 0 Å². The SMILES string of the molecule is O=C(c1ccc(Cl)cc1)n1c2ccccc2c(=O)c2ccccc21. The second kappa shape index (κ2) is 5.62. The van der Waals surface area contributed by atoms with Gasteiger partial charge < -0.3 is 0 Å². The number of nitrogens with zero attached hydrogens (tertiary/aromatic N) is 1. The normalized spacial score (nSPS) is 11.0. The molecule has 0 aliphatic rings. The van der Waals surface area contributed by atoms with Crippen molar-refractivity contribution in [2.24, 2.45) is 0 Å². The van der Waals surface area contributed by atoms with E-state index in [1.165, 1.54) is 0 Å². The molecule has 0 atom stereocenters. The topological polar surface area (TPSA) is 39.1 Å². The highest BCUT2D eigenvalue weighted by Crippen LogP contribution is 2.21. The minimum absolute atomic E-state index is 0.0682. The molecule has 4 rings (SSSR count). The minimum Gasteiger partial charge on any atom is -0.288 e. The summed E-state index contributed by atoms with van der Waals surface area (Å²) in [6, 6.07) is 21.1. The van der Waals surface area contributed by atoms with Crippen molar-refractivity contribution >= 4 is 39.3 Å². The number of aromatic nitrogens is 1. The molecule has 0 fully saturated rings. The van der Waals surface area contributed by atoms with Crippen molar-refractivity contribution in [2.45, 2.75) is 0 Å². The zero-order valence-corrected chi connectivity index (χ0v) is 13.3. The van der Waals surface area contributed by atoms with Crippen LogP contribution < -0.4 is 5.43 Å². The molecule has 0 aliphatic carbocycles. The van der Waals surface area contributed by atoms with Gasteiger partial charge in [0, 0.05) is 21.4 Å². The average Bonchev–Trinajstić information content (AvgIpc) is 2.62. The molecule has 0 N–H and O–H groups in total. The monoisotopic (exact) mass is 333 g/mol. The molecule has 1 aromatic heterocycles. The summed E-state index contributed by atoms with van der Waals surface area (Å²) in [7, 11) is 0. The number of halogens is 1. The molecule has 0 saturated carbocycles. The average molecular weight is 334 g/mol. The maximum atomic E-state index is 13.1. The van der Waals surface area contributed by atoms with E-state index in [9.17, 15) is 9.59 Å². The zero-order valence-electron chi connectivity index (χ0n) is 12.6. The van der Waals surface area contributed by atoms with Crippen LogP contribution in [0.5, 0.6) is 0 Å². The second-order valence-corrected chi connectivity index (χ2v) is 5.95. The highest BCUT2D eigenvalue weighted by molar-refractivity contribution is 6.30. The first kappa shape index (κ1) is 14.7. The Morgan fingerprint density at radius 2 is 1.25 bits per heavy atom. The number of pyridine rings is 1. The molecular weight excluding hydrogens is 322 g/mol. The number of hydrogen-bond acceptors (Lipinski definition) is 2. The summed E-state index contributed by atoms with van der Waals surface area (Å²) in [5, 5.41) is 1.62. The number of fused-ring (bicyclic) bond motifs is 2. The van der Waals surface area contributed by atoms with E-state index < -0.39 is 0 Å². The summed E-state index contributed by atoms with van der Waals surface area (Å²) < 4.78 is 1.59. The largest absolute Gasteiger partial charge is 0.288 e. The van der Waals surface area contributed by atoms with Crippen molar-refractivity contribution in [1.29, 1.82) is 0 Å². The van der Waals surface area contributed by atoms with Crippen molar-refractivity contribution in [3.63, 3.8) is 0 Å². The second-order valence-electron chi connectivity index (χ2n) is 5.51. The summed E-state index contributed by atoms with van der Waals surface area (Å²) in [4.78, 5) is 25.8. The number of carbonyl (C=O) groups is 1. The fourth-order valence-electron chi connectivity index (χ4n) is 2.94. The van der Waals surface area contributed by atoms with Crippen LogP contribution in [0.1, 0.15) is 10.4 Å². The summed E-state index contributed by atoms with van der Waals surface area (Å²) in [5.74, 6) is -0.195. The van der Waals surface area contributed by atoms with Crippen LogP contribution >= 0.6 is 11.6 Å². The zero-order chi connectivity index (χ0) is 16.7. The third-order valence-electron chi connectivity index (χ3n) is 4.07. The van der Waals surface area contributed by atoms with Gasteiger partial charge in [-0.2, -0.15) is 0 Å². The predicted octanol–water partition coefficient (Wildman–Crippen LogP) is 4.50. The van der Waals surface area contributed by atoms with Gasteiger partial charge in [0.1, 0.15) is 0 Å². The third-order valence-corrected chi connectivity index (χ3v) is 4.33. The van der Waals surface area contributed by atoms with E-state index in [4.69, 9.17) is 11.6 Å². The van der Waals surface area contributed by atoms with Gasteiger partial charge in [-0.1, -0.05) is 35.9 Å². The standard InChI is InChI=1S/C20H12ClNO2/c21-14-11-9-13(10-12-14)20(24)22-17-7-3-1-5-15(17)19(23)16-6-2-4-8-18(16)22/h1-12H. The van der Waals surface area contributed by atoms with Crippen LogP contribution in [0, 0.1) is 0 Å². The Morgan fingerprint density at radius 1 is 0.750 bits per heavy atom. The molecule has 0 bridgehead atoms. The Morgan fingerprint density at radius 3 is 1.79 bits per heavy atom. The fourth-order valence-corrected chi connectivity index (χ4v) is 3.06. The Bertz CT molecular complexity index is 1080. The van der Waals surface area contributed by atoms with Gasteiger partial charge in [0.15, 0.2) is 5.43 Å². The maximum Gasteiger partial charge on any atom is 0.262 e. The lowest BCUT2D eigenvalue weighted by Gasteiger charge is -2.13. The van der Waals surface area contributed by atoms with Crippen LogP contribution in [-0.2, 0) is 0 Å². The molecule has 24 heavy (non-hydrogen) atoms. The van der Waals surface area contributed by atoms with E-state index in [2.05, 4.69) is 0 Å². The number of carbonyl (C=O) groups excluding carboxylic acids is 1. The van der Waals surface area contributed by atoms with Crippen LogP contribution in [0.2, 0.25) is 5.02 Å². The van der Waals surface area contributed by atoms with Gasteiger partial charge in [-0.15, -0.1) is 0 Å². The van der Waals surface area contributed by atoms with Crippen molar-refractivity contribution < 1.29 is 4.79 Å². The molecule has 0 radical (unpaired) electrons. The van der Waals surface area contributed by atoms with Crippen molar-refractivity contribution in [1.82, 2.24) is 4.57 Å². The van der Waals surface area contributed by atoms with E-state index in [0.717, 1.165) is 0 Å². The number of para-hydroxylation sites is 2. The Hall–Kier alpha value is -2.91. The first-order chi connectivity index (χ1) is 11.7. The first-order valence-electron chi connectivity index (χ1n) is 7.49. The van der Waals surface area contributed by atoms with Crippen molar-refractivity contribution in [2.75, 3.05) is 0 Å². The van der Waals surface area contributed by atoms with E-state index in [1.54, 1.807) is 65.2 Å². The number of rotatable bonds is 1. The maximum absolute atomic E-state index is 13.1. The van der Waals surface area contributed by atoms with Crippen LogP contribution in [0.25, 0.3) is 21.8 Å². The number of hydrogen-bond donors (Lipinski definition) is 0. The molecule has 0 unspecified atom stereocenters. The molecular formula is C20H12ClNO2. The quantitative estimate of drug-likeness (QED) is 0.481. The molecule has 4 heteroatoms. The Labute approximate surface area is 142 Å². The van der Waals surface area contributed by atoms with Gasteiger partial charge in [-0.3, -0.25) is 14.2 Å². The lowest BCUT2D eigenvalue weighted by molar-refractivity contribution is 0.0969. The van der Waals surface area contributed by atoms with Crippen LogP contribution in [0.4, 0.5) is 0 Å². The first-order valence-corrected chi connectivity index (χ1v) is 7.87. The van der Waals surface area contributed by atoms with Gasteiger partial charge in [0.2, 0.25) is 0 Å². The van der Waals surface area contributed by atoms with E-state index >= 15 is 0 Å². The molecule has 4 aromatic rings. The minimum atomic E-state index is -0.195. The molecule has 0 aliphatic heterocycles. The molecule has 1 heterocycles. The molecule has 3 nitrogen and oxygen atoms in total. The molecule has 0 saturated heterocycles. The Kier molecular flexibility index (Phi) is 3.44. The van der Waals surface area contributed by atoms with Gasteiger partial charge in [0.25, 0.3) is 5.91 Å². The molecule has 0 amide bonds. The predicted molar refractivity (Wildman–Crippen MR) is 96.9 cm³/mol. The number of benzene rings is 3. The lowest BCUT2D eigenvalue weighted by Crippen LogP contribution is -2.18. The summed E-state index contributed by atoms with van der Waals surface area (Å²) in [5.41, 5.74) is 1.64. The fraction of sp³-hybridized carbons (Fsp3) is 0. The Balaban J connectivity index is 2.12.